The highest BCUT2D eigenvalue weighted by atomic mass is 16.2. The number of aromatic nitrogens is 1. The number of hydrogen-bond acceptors (Lipinski definition) is 3. The van der Waals surface area contributed by atoms with Gasteiger partial charge in [0.2, 0.25) is 11.8 Å². The normalized spacial score (nSPS) is 16.1. The first-order valence-electron chi connectivity index (χ1n) is 8.94. The van der Waals surface area contributed by atoms with Crippen LogP contribution in [0.2, 0.25) is 0 Å². The van der Waals surface area contributed by atoms with E-state index >= 15 is 0 Å². The minimum absolute atomic E-state index is 0.0521. The number of para-hydroxylation sites is 1. The summed E-state index contributed by atoms with van der Waals surface area (Å²) in [7, 11) is 0. The zero-order valence-electron chi connectivity index (χ0n) is 14.8. The van der Waals surface area contributed by atoms with Gasteiger partial charge in [-0.1, -0.05) is 31.0 Å². The van der Waals surface area contributed by atoms with Gasteiger partial charge < -0.3 is 10.6 Å². The molecule has 132 valence electrons. The molecular formula is C20H25N3O2. The molecule has 2 aromatic rings. The van der Waals surface area contributed by atoms with Crippen molar-refractivity contribution in [2.75, 3.05) is 5.32 Å². The SMILES string of the molecule is CC(C)NC(=O)CC1(C(=O)Nc2cnc3ccccc3c2)CCCC1. The summed E-state index contributed by atoms with van der Waals surface area (Å²) in [5.74, 6) is -0.121. The standard InChI is InChI=1S/C20H25N3O2/c1-14(2)22-18(24)12-20(9-5-6-10-20)19(25)23-16-11-15-7-3-4-8-17(15)21-13-16/h3-4,7-8,11,13-14H,5-6,9-10,12H2,1-2H3,(H,22,24)(H,23,25). The van der Waals surface area contributed by atoms with Crippen molar-refractivity contribution in [3.05, 3.63) is 36.5 Å². The molecule has 1 aromatic heterocycles. The molecule has 0 saturated heterocycles. The predicted octanol–water partition coefficient (Wildman–Crippen LogP) is 3.65. The van der Waals surface area contributed by atoms with Crippen LogP contribution < -0.4 is 10.6 Å². The van der Waals surface area contributed by atoms with Crippen LogP contribution in [0.15, 0.2) is 36.5 Å². The summed E-state index contributed by atoms with van der Waals surface area (Å²) in [6.45, 7) is 3.86. The van der Waals surface area contributed by atoms with Gasteiger partial charge in [-0.2, -0.15) is 0 Å². The Balaban J connectivity index is 1.76. The molecule has 1 heterocycles. The number of pyridine rings is 1. The van der Waals surface area contributed by atoms with Crippen molar-refractivity contribution in [3.8, 4) is 0 Å². The molecule has 0 radical (unpaired) electrons. The zero-order chi connectivity index (χ0) is 17.9. The second kappa shape index (κ2) is 7.21. The van der Waals surface area contributed by atoms with E-state index in [-0.39, 0.29) is 24.3 Å². The van der Waals surface area contributed by atoms with E-state index in [1.807, 2.05) is 44.2 Å². The number of hydrogen-bond donors (Lipinski definition) is 2. The Labute approximate surface area is 148 Å². The van der Waals surface area contributed by atoms with Gasteiger partial charge in [-0.3, -0.25) is 14.6 Å². The number of amides is 2. The number of carbonyl (C=O) groups is 2. The summed E-state index contributed by atoms with van der Waals surface area (Å²) in [6, 6.07) is 9.81. The van der Waals surface area contributed by atoms with E-state index in [1.165, 1.54) is 0 Å². The summed E-state index contributed by atoms with van der Waals surface area (Å²) in [4.78, 5) is 29.6. The number of nitrogens with one attached hydrogen (secondary N) is 2. The van der Waals surface area contributed by atoms with E-state index in [4.69, 9.17) is 0 Å². The second-order valence-corrected chi connectivity index (χ2v) is 7.26. The van der Waals surface area contributed by atoms with E-state index < -0.39 is 5.41 Å². The van der Waals surface area contributed by atoms with Crippen LogP contribution in [0.25, 0.3) is 10.9 Å². The number of fused-ring (bicyclic) bond motifs is 1. The van der Waals surface area contributed by atoms with Crippen molar-refractivity contribution in [2.45, 2.75) is 52.0 Å². The highest BCUT2D eigenvalue weighted by molar-refractivity contribution is 5.99. The maximum absolute atomic E-state index is 13.0. The Morgan fingerprint density at radius 1 is 1.20 bits per heavy atom. The van der Waals surface area contributed by atoms with Gasteiger partial charge in [-0.05, 0) is 38.8 Å². The molecule has 2 amide bonds. The topological polar surface area (TPSA) is 71.1 Å². The van der Waals surface area contributed by atoms with Crippen LogP contribution in [-0.2, 0) is 9.59 Å². The van der Waals surface area contributed by atoms with Crippen molar-refractivity contribution >= 4 is 28.4 Å². The molecule has 0 unspecified atom stereocenters. The van der Waals surface area contributed by atoms with Gasteiger partial charge in [0, 0.05) is 17.8 Å². The quantitative estimate of drug-likeness (QED) is 0.873. The number of rotatable bonds is 5. The Morgan fingerprint density at radius 3 is 2.64 bits per heavy atom. The first-order chi connectivity index (χ1) is 12.0. The lowest BCUT2D eigenvalue weighted by Crippen LogP contribution is -2.40. The molecule has 0 bridgehead atoms. The molecule has 1 saturated carbocycles. The summed E-state index contributed by atoms with van der Waals surface area (Å²) >= 11 is 0. The van der Waals surface area contributed by atoms with Crippen LogP contribution in [0.5, 0.6) is 0 Å². The van der Waals surface area contributed by atoms with Crippen LogP contribution in [0.4, 0.5) is 5.69 Å². The van der Waals surface area contributed by atoms with Crippen LogP contribution in [0.1, 0.15) is 46.0 Å². The molecule has 1 fully saturated rings. The van der Waals surface area contributed by atoms with E-state index in [9.17, 15) is 9.59 Å². The van der Waals surface area contributed by atoms with Crippen molar-refractivity contribution in [1.82, 2.24) is 10.3 Å². The summed E-state index contributed by atoms with van der Waals surface area (Å²) in [6.07, 6.45) is 5.41. The minimum atomic E-state index is -0.607. The van der Waals surface area contributed by atoms with E-state index in [0.29, 0.717) is 5.69 Å². The lowest BCUT2D eigenvalue weighted by Gasteiger charge is -2.27. The Bertz CT molecular complexity index is 779. The third kappa shape index (κ3) is 3.98. The number of anilines is 1. The van der Waals surface area contributed by atoms with E-state index in [1.54, 1.807) is 6.20 Å². The largest absolute Gasteiger partial charge is 0.354 e. The third-order valence-corrected chi connectivity index (χ3v) is 4.84. The second-order valence-electron chi connectivity index (χ2n) is 7.26. The lowest BCUT2D eigenvalue weighted by atomic mass is 9.81. The van der Waals surface area contributed by atoms with Gasteiger partial charge in [-0.15, -0.1) is 0 Å². The fraction of sp³-hybridized carbons (Fsp3) is 0.450. The van der Waals surface area contributed by atoms with Gasteiger partial charge >= 0.3 is 0 Å². The molecular weight excluding hydrogens is 314 g/mol. The smallest absolute Gasteiger partial charge is 0.231 e. The van der Waals surface area contributed by atoms with Gasteiger partial charge in [0.05, 0.1) is 22.8 Å². The van der Waals surface area contributed by atoms with Crippen LogP contribution in [0.3, 0.4) is 0 Å². The van der Waals surface area contributed by atoms with Crippen molar-refractivity contribution in [1.29, 1.82) is 0 Å². The van der Waals surface area contributed by atoms with Gasteiger partial charge in [0.15, 0.2) is 0 Å². The maximum Gasteiger partial charge on any atom is 0.231 e. The summed E-state index contributed by atoms with van der Waals surface area (Å²) in [5, 5.41) is 6.88. The minimum Gasteiger partial charge on any atom is -0.354 e. The third-order valence-electron chi connectivity index (χ3n) is 4.84. The van der Waals surface area contributed by atoms with Gasteiger partial charge in [-0.25, -0.2) is 0 Å². The van der Waals surface area contributed by atoms with Gasteiger partial charge in [0.25, 0.3) is 0 Å². The maximum atomic E-state index is 13.0. The van der Waals surface area contributed by atoms with Crippen molar-refractivity contribution in [2.24, 2.45) is 5.41 Å². The molecule has 0 aliphatic heterocycles. The highest BCUT2D eigenvalue weighted by Crippen LogP contribution is 2.42. The molecule has 0 atom stereocenters. The first kappa shape index (κ1) is 17.4. The number of benzene rings is 1. The van der Waals surface area contributed by atoms with Crippen LogP contribution in [0, 0.1) is 5.41 Å². The monoisotopic (exact) mass is 339 g/mol. The fourth-order valence-corrected chi connectivity index (χ4v) is 3.62. The molecule has 2 N–H and O–H groups in total. The van der Waals surface area contributed by atoms with Crippen LogP contribution >= 0.6 is 0 Å². The van der Waals surface area contributed by atoms with Crippen molar-refractivity contribution in [3.63, 3.8) is 0 Å². The summed E-state index contributed by atoms with van der Waals surface area (Å²) in [5.41, 5.74) is 0.969. The Morgan fingerprint density at radius 2 is 1.92 bits per heavy atom. The molecule has 3 rings (SSSR count). The molecule has 25 heavy (non-hydrogen) atoms. The summed E-state index contributed by atoms with van der Waals surface area (Å²) < 4.78 is 0. The highest BCUT2D eigenvalue weighted by Gasteiger charge is 2.42. The average Bonchev–Trinajstić information content (AvgIpc) is 3.03. The molecule has 5 nitrogen and oxygen atoms in total. The van der Waals surface area contributed by atoms with Crippen molar-refractivity contribution < 1.29 is 9.59 Å². The number of carbonyl (C=O) groups excluding carboxylic acids is 2. The number of nitrogens with zero attached hydrogens (tertiary/aromatic N) is 1. The van der Waals surface area contributed by atoms with E-state index in [2.05, 4.69) is 15.6 Å². The van der Waals surface area contributed by atoms with Gasteiger partial charge in [0.1, 0.15) is 0 Å². The lowest BCUT2D eigenvalue weighted by molar-refractivity contribution is -0.132. The van der Waals surface area contributed by atoms with E-state index in [0.717, 1.165) is 36.6 Å². The zero-order valence-corrected chi connectivity index (χ0v) is 14.8. The fourth-order valence-electron chi connectivity index (χ4n) is 3.62. The average molecular weight is 339 g/mol. The predicted molar refractivity (Wildman–Crippen MR) is 99.2 cm³/mol. The Hall–Kier alpha value is -2.43. The Kier molecular flexibility index (Phi) is 5.02. The molecule has 5 heteroatoms. The molecule has 0 spiro atoms. The van der Waals surface area contributed by atoms with Crippen LogP contribution in [-0.4, -0.2) is 22.8 Å². The molecule has 1 aromatic carbocycles. The first-order valence-corrected chi connectivity index (χ1v) is 8.94. The molecule has 1 aliphatic carbocycles. The molecule has 1 aliphatic rings.